The fraction of sp³-hybridized carbons (Fsp3) is 0. The second kappa shape index (κ2) is 13.7. The minimum atomic E-state index is 1.22. The first-order valence-electron chi connectivity index (χ1n) is 20.3. The van der Waals surface area contributed by atoms with E-state index in [0.29, 0.717) is 0 Å². The van der Waals surface area contributed by atoms with Crippen molar-refractivity contribution in [3.63, 3.8) is 0 Å². The van der Waals surface area contributed by atoms with Gasteiger partial charge in [-0.15, -0.1) is 11.3 Å². The molecular weight excluding hydrogens is 729 g/mol. The smallest absolute Gasteiger partial charge is 0.0434 e. The van der Waals surface area contributed by atoms with E-state index in [9.17, 15) is 0 Å². The number of benzene rings is 11. The van der Waals surface area contributed by atoms with Crippen molar-refractivity contribution in [1.29, 1.82) is 0 Å². The third-order valence-electron chi connectivity index (χ3n) is 12.2. The number of fused-ring (bicyclic) bond motifs is 7. The summed E-state index contributed by atoms with van der Waals surface area (Å²) in [6.45, 7) is 0. The summed E-state index contributed by atoms with van der Waals surface area (Å²) in [7, 11) is 0. The van der Waals surface area contributed by atoms with E-state index in [1.54, 1.807) is 0 Å². The zero-order chi connectivity index (χ0) is 38.9. The van der Waals surface area contributed by atoms with Gasteiger partial charge in [-0.3, -0.25) is 0 Å². The third kappa shape index (κ3) is 5.29. The highest BCUT2D eigenvalue weighted by Gasteiger charge is 2.23. The fourth-order valence-corrected chi connectivity index (χ4v) is 11.1. The SMILES string of the molecule is c1ccc(-c2cccc(-c3c4ccccc4c(-c4cccc5c4sc4cccc(-c6c7ccccc7c(-c7ccccc7)c7ccccc67)c45)c4ccccc34)c2)cc1. The summed E-state index contributed by atoms with van der Waals surface area (Å²) < 4.78 is 2.62. The summed E-state index contributed by atoms with van der Waals surface area (Å²) in [5.41, 5.74) is 12.6. The van der Waals surface area contributed by atoms with Crippen LogP contribution in [0.4, 0.5) is 0 Å². The molecule has 12 rings (SSSR count). The summed E-state index contributed by atoms with van der Waals surface area (Å²) in [4.78, 5) is 0. The summed E-state index contributed by atoms with van der Waals surface area (Å²) in [6.07, 6.45) is 0. The molecule has 1 aromatic heterocycles. The molecule has 11 aromatic carbocycles. The van der Waals surface area contributed by atoms with E-state index >= 15 is 0 Å². The van der Waals surface area contributed by atoms with Crippen LogP contribution in [0.1, 0.15) is 0 Å². The van der Waals surface area contributed by atoms with Gasteiger partial charge in [0.15, 0.2) is 0 Å². The van der Waals surface area contributed by atoms with Crippen molar-refractivity contribution in [1.82, 2.24) is 0 Å². The standard InChI is InChI=1S/C58H36S/c1-3-18-37(19-4-1)39-22-15-23-40(36-39)54-43-26-9-13-30-47(43)56(48-31-14-10-27-44(48)54)50-33-16-34-51-57-49(32-17-35-52(57)59-58(50)51)55-45-28-11-7-24-41(45)53(38-20-5-2-6-21-38)42-25-8-12-29-46(42)55/h1-36H. The van der Waals surface area contributed by atoms with Crippen molar-refractivity contribution < 1.29 is 0 Å². The van der Waals surface area contributed by atoms with Crippen LogP contribution in [0.25, 0.3) is 119 Å². The van der Waals surface area contributed by atoms with Crippen molar-refractivity contribution in [2.75, 3.05) is 0 Å². The lowest BCUT2D eigenvalue weighted by molar-refractivity contribution is 1.61. The van der Waals surface area contributed by atoms with Crippen LogP contribution in [0.15, 0.2) is 218 Å². The molecule has 0 bridgehead atoms. The zero-order valence-corrected chi connectivity index (χ0v) is 33.0. The van der Waals surface area contributed by atoms with Crippen LogP contribution in [0.2, 0.25) is 0 Å². The van der Waals surface area contributed by atoms with Crippen molar-refractivity contribution in [3.8, 4) is 55.6 Å². The summed E-state index contributed by atoms with van der Waals surface area (Å²) >= 11 is 1.92. The van der Waals surface area contributed by atoms with Gasteiger partial charge in [0.05, 0.1) is 0 Å². The number of hydrogen-bond donors (Lipinski definition) is 0. The molecule has 0 spiro atoms. The average Bonchev–Trinajstić information content (AvgIpc) is 3.70. The Morgan fingerprint density at radius 2 is 0.610 bits per heavy atom. The predicted molar refractivity (Wildman–Crippen MR) is 257 cm³/mol. The Hall–Kier alpha value is -7.32. The van der Waals surface area contributed by atoms with Crippen molar-refractivity contribution in [2.45, 2.75) is 0 Å². The minimum Gasteiger partial charge on any atom is -0.135 e. The first-order valence-corrected chi connectivity index (χ1v) is 21.2. The van der Waals surface area contributed by atoms with Crippen LogP contribution in [-0.2, 0) is 0 Å². The fourth-order valence-electron chi connectivity index (χ4n) is 9.80. The van der Waals surface area contributed by atoms with Gasteiger partial charge in [0.1, 0.15) is 0 Å². The quantitative estimate of drug-likeness (QED) is 0.153. The van der Waals surface area contributed by atoms with Crippen LogP contribution in [0, 0.1) is 0 Å². The van der Waals surface area contributed by atoms with Gasteiger partial charge in [-0.1, -0.05) is 206 Å². The molecule has 0 radical (unpaired) electrons. The first-order chi connectivity index (χ1) is 29.3. The van der Waals surface area contributed by atoms with E-state index in [4.69, 9.17) is 0 Å². The predicted octanol–water partition coefficient (Wildman–Crippen LogP) is 17.0. The van der Waals surface area contributed by atoms with E-state index in [2.05, 4.69) is 218 Å². The van der Waals surface area contributed by atoms with Gasteiger partial charge in [-0.25, -0.2) is 0 Å². The summed E-state index contributed by atoms with van der Waals surface area (Å²) in [5, 5.41) is 12.8. The van der Waals surface area contributed by atoms with Gasteiger partial charge >= 0.3 is 0 Å². The molecule has 0 fully saturated rings. The van der Waals surface area contributed by atoms with Gasteiger partial charge in [0, 0.05) is 25.7 Å². The molecule has 0 aliphatic carbocycles. The zero-order valence-electron chi connectivity index (χ0n) is 32.2. The average molecular weight is 765 g/mol. The molecule has 59 heavy (non-hydrogen) atoms. The first kappa shape index (κ1) is 33.8. The monoisotopic (exact) mass is 764 g/mol. The Kier molecular flexibility index (Phi) is 7.82. The number of hydrogen-bond acceptors (Lipinski definition) is 1. The largest absolute Gasteiger partial charge is 0.135 e. The molecule has 0 aliphatic heterocycles. The van der Waals surface area contributed by atoms with E-state index in [-0.39, 0.29) is 0 Å². The number of thiophene rings is 1. The molecule has 0 N–H and O–H groups in total. The maximum Gasteiger partial charge on any atom is 0.0434 e. The Labute approximate surface area is 346 Å². The summed E-state index contributed by atoms with van der Waals surface area (Å²) in [5.74, 6) is 0. The molecule has 12 aromatic rings. The Bertz CT molecular complexity index is 3480. The molecule has 1 heterocycles. The molecule has 274 valence electrons. The van der Waals surface area contributed by atoms with Crippen molar-refractivity contribution >= 4 is 74.6 Å². The van der Waals surface area contributed by atoms with Crippen LogP contribution in [0.3, 0.4) is 0 Å². The lowest BCUT2D eigenvalue weighted by Crippen LogP contribution is -1.91. The Balaban J connectivity index is 1.14. The number of rotatable bonds is 5. The maximum absolute atomic E-state index is 2.36. The van der Waals surface area contributed by atoms with E-state index in [1.807, 2.05) is 11.3 Å². The third-order valence-corrected chi connectivity index (χ3v) is 13.4. The van der Waals surface area contributed by atoms with Gasteiger partial charge in [-0.05, 0) is 105 Å². The Morgan fingerprint density at radius 1 is 0.237 bits per heavy atom. The molecule has 0 saturated carbocycles. The van der Waals surface area contributed by atoms with Crippen LogP contribution in [0.5, 0.6) is 0 Å². The highest BCUT2D eigenvalue weighted by molar-refractivity contribution is 7.26. The Morgan fingerprint density at radius 3 is 1.17 bits per heavy atom. The maximum atomic E-state index is 2.36. The normalized spacial score (nSPS) is 11.7. The van der Waals surface area contributed by atoms with E-state index in [1.165, 1.54) is 119 Å². The van der Waals surface area contributed by atoms with Crippen LogP contribution >= 0.6 is 11.3 Å². The molecule has 0 unspecified atom stereocenters. The topological polar surface area (TPSA) is 0 Å². The molecule has 0 aliphatic rings. The molecule has 0 amide bonds. The van der Waals surface area contributed by atoms with E-state index in [0.717, 1.165) is 0 Å². The second-order valence-electron chi connectivity index (χ2n) is 15.5. The van der Waals surface area contributed by atoms with Crippen LogP contribution in [-0.4, -0.2) is 0 Å². The molecule has 0 atom stereocenters. The van der Waals surface area contributed by atoms with Gasteiger partial charge < -0.3 is 0 Å². The highest BCUT2D eigenvalue weighted by atomic mass is 32.1. The van der Waals surface area contributed by atoms with E-state index < -0.39 is 0 Å². The highest BCUT2D eigenvalue weighted by Crippen LogP contribution is 2.51. The second-order valence-corrected chi connectivity index (χ2v) is 16.5. The molecule has 0 saturated heterocycles. The molecule has 1 heteroatoms. The lowest BCUT2D eigenvalue weighted by atomic mass is 9.84. The van der Waals surface area contributed by atoms with Crippen LogP contribution < -0.4 is 0 Å². The van der Waals surface area contributed by atoms with Crippen molar-refractivity contribution in [3.05, 3.63) is 218 Å². The lowest BCUT2D eigenvalue weighted by Gasteiger charge is -2.19. The van der Waals surface area contributed by atoms with Gasteiger partial charge in [0.2, 0.25) is 0 Å². The minimum absolute atomic E-state index is 1.22. The summed E-state index contributed by atoms with van der Waals surface area (Å²) in [6, 6.07) is 80.5. The molecule has 0 nitrogen and oxygen atoms in total. The van der Waals surface area contributed by atoms with Gasteiger partial charge in [0.25, 0.3) is 0 Å². The van der Waals surface area contributed by atoms with Crippen molar-refractivity contribution in [2.24, 2.45) is 0 Å². The molecular formula is C58H36S. The van der Waals surface area contributed by atoms with Gasteiger partial charge in [-0.2, -0.15) is 0 Å².